The Hall–Kier alpha value is -2.54. The van der Waals surface area contributed by atoms with Gasteiger partial charge in [0, 0.05) is 0 Å². The van der Waals surface area contributed by atoms with Gasteiger partial charge >= 0.3 is 0 Å². The second kappa shape index (κ2) is 3.97. The normalized spacial score (nSPS) is 16.8. The van der Waals surface area contributed by atoms with Crippen molar-refractivity contribution < 1.29 is 4.42 Å². The predicted octanol–water partition coefficient (Wildman–Crippen LogP) is 3.77. The van der Waals surface area contributed by atoms with Gasteiger partial charge in [0.15, 0.2) is 11.6 Å². The summed E-state index contributed by atoms with van der Waals surface area (Å²) in [6.07, 6.45) is 4.67. The summed E-state index contributed by atoms with van der Waals surface area (Å²) >= 11 is 0. The topological polar surface area (TPSA) is 65.6 Å². The van der Waals surface area contributed by atoms with Crippen molar-refractivity contribution in [3.63, 3.8) is 0 Å². The fourth-order valence-electron chi connectivity index (χ4n) is 2.83. The molecular formula is C16H13N3O. The van der Waals surface area contributed by atoms with E-state index in [0.717, 1.165) is 47.4 Å². The van der Waals surface area contributed by atoms with Gasteiger partial charge in [0.2, 0.25) is 0 Å². The molecule has 98 valence electrons. The van der Waals surface area contributed by atoms with Crippen LogP contribution in [-0.4, -0.2) is 9.97 Å². The minimum Gasteiger partial charge on any atom is -0.461 e. The van der Waals surface area contributed by atoms with Crippen molar-refractivity contribution in [3.05, 3.63) is 42.2 Å². The monoisotopic (exact) mass is 263 g/mol. The molecule has 0 aliphatic heterocycles. The molecule has 20 heavy (non-hydrogen) atoms. The number of hydrogen-bond donors (Lipinski definition) is 1. The quantitative estimate of drug-likeness (QED) is 0.765. The highest BCUT2D eigenvalue weighted by Gasteiger charge is 2.39. The van der Waals surface area contributed by atoms with Crippen molar-refractivity contribution in [2.75, 3.05) is 0 Å². The second-order valence-electron chi connectivity index (χ2n) is 5.34. The Morgan fingerprint density at radius 2 is 2.20 bits per heavy atom. The maximum atomic E-state index is 9.43. The van der Waals surface area contributed by atoms with Crippen LogP contribution in [0.25, 0.3) is 22.6 Å². The van der Waals surface area contributed by atoms with E-state index in [-0.39, 0.29) is 5.41 Å². The van der Waals surface area contributed by atoms with E-state index in [4.69, 9.17) is 4.42 Å². The molecule has 0 radical (unpaired) electrons. The summed E-state index contributed by atoms with van der Waals surface area (Å²) < 4.78 is 5.35. The largest absolute Gasteiger partial charge is 0.461 e. The van der Waals surface area contributed by atoms with Crippen LogP contribution in [0.3, 0.4) is 0 Å². The van der Waals surface area contributed by atoms with Crippen molar-refractivity contribution in [1.82, 2.24) is 9.97 Å². The number of fused-ring (bicyclic) bond motifs is 1. The molecule has 4 heteroatoms. The molecule has 0 spiro atoms. The molecule has 4 nitrogen and oxygen atoms in total. The van der Waals surface area contributed by atoms with Crippen LogP contribution in [0.2, 0.25) is 0 Å². The Bertz CT molecular complexity index is 804. The number of nitrogens with zero attached hydrogens (tertiary/aromatic N) is 2. The van der Waals surface area contributed by atoms with Crippen LogP contribution in [0.5, 0.6) is 0 Å². The van der Waals surface area contributed by atoms with E-state index in [1.165, 1.54) is 0 Å². The summed E-state index contributed by atoms with van der Waals surface area (Å²) in [5, 5.41) is 9.43. The third-order valence-corrected chi connectivity index (χ3v) is 4.21. The molecule has 1 saturated carbocycles. The van der Waals surface area contributed by atoms with Crippen LogP contribution in [0.4, 0.5) is 0 Å². The molecule has 1 aromatic carbocycles. The Kier molecular flexibility index (Phi) is 2.25. The number of benzene rings is 1. The maximum absolute atomic E-state index is 9.43. The van der Waals surface area contributed by atoms with Gasteiger partial charge in [0.25, 0.3) is 0 Å². The molecule has 0 amide bonds. The average molecular weight is 263 g/mol. The van der Waals surface area contributed by atoms with Gasteiger partial charge in [-0.1, -0.05) is 6.07 Å². The maximum Gasteiger partial charge on any atom is 0.174 e. The molecule has 1 N–H and O–H groups in total. The third-order valence-electron chi connectivity index (χ3n) is 4.21. The first-order chi connectivity index (χ1) is 9.81. The lowest BCUT2D eigenvalue weighted by atomic mass is 9.65. The van der Waals surface area contributed by atoms with E-state index >= 15 is 0 Å². The fraction of sp³-hybridized carbons (Fsp3) is 0.250. The minimum atomic E-state index is -0.288. The summed E-state index contributed by atoms with van der Waals surface area (Å²) in [4.78, 5) is 7.78. The Morgan fingerprint density at radius 1 is 1.30 bits per heavy atom. The molecule has 3 aromatic rings. The van der Waals surface area contributed by atoms with Gasteiger partial charge < -0.3 is 9.40 Å². The van der Waals surface area contributed by atoms with E-state index < -0.39 is 0 Å². The molecule has 0 unspecified atom stereocenters. The lowest BCUT2D eigenvalue weighted by Gasteiger charge is -2.35. The Morgan fingerprint density at radius 3 is 2.85 bits per heavy atom. The summed E-state index contributed by atoms with van der Waals surface area (Å²) in [5.41, 5.74) is 2.65. The fourth-order valence-corrected chi connectivity index (χ4v) is 2.83. The highest BCUT2D eigenvalue weighted by Crippen LogP contribution is 2.43. The first-order valence-electron chi connectivity index (χ1n) is 6.76. The van der Waals surface area contributed by atoms with Gasteiger partial charge in [-0.05, 0) is 49.1 Å². The highest BCUT2D eigenvalue weighted by atomic mass is 16.3. The lowest BCUT2D eigenvalue weighted by Crippen LogP contribution is -2.32. The summed E-state index contributed by atoms with van der Waals surface area (Å²) in [6.45, 7) is 0. The van der Waals surface area contributed by atoms with E-state index in [1.807, 2.05) is 24.3 Å². The summed E-state index contributed by atoms with van der Waals surface area (Å²) in [5.74, 6) is 1.45. The second-order valence-corrected chi connectivity index (χ2v) is 5.34. The van der Waals surface area contributed by atoms with Crippen molar-refractivity contribution in [3.8, 4) is 17.7 Å². The first kappa shape index (κ1) is 11.3. The number of nitriles is 1. The van der Waals surface area contributed by atoms with Gasteiger partial charge in [0.1, 0.15) is 0 Å². The lowest BCUT2D eigenvalue weighted by molar-refractivity contribution is 0.324. The molecule has 1 aliphatic rings. The van der Waals surface area contributed by atoms with Gasteiger partial charge in [-0.2, -0.15) is 5.26 Å². The van der Waals surface area contributed by atoms with Gasteiger partial charge in [-0.3, -0.25) is 0 Å². The Balaban J connectivity index is 1.82. The minimum absolute atomic E-state index is 0.288. The third kappa shape index (κ3) is 1.50. The summed E-state index contributed by atoms with van der Waals surface area (Å²) in [7, 11) is 0. The molecule has 1 aliphatic carbocycles. The Labute approximate surface area is 116 Å². The van der Waals surface area contributed by atoms with Gasteiger partial charge in [-0.25, -0.2) is 4.98 Å². The average Bonchev–Trinajstić information content (AvgIpc) is 3.06. The number of furan rings is 1. The first-order valence-corrected chi connectivity index (χ1v) is 6.76. The number of nitrogens with one attached hydrogen (secondary N) is 1. The number of aromatic nitrogens is 2. The molecule has 0 bridgehead atoms. The SMILES string of the molecule is N#CC1(c2ccc3nc(-c4ccco4)[nH]c3c2)CCC1. The summed E-state index contributed by atoms with van der Waals surface area (Å²) in [6, 6.07) is 12.2. The zero-order valence-corrected chi connectivity index (χ0v) is 10.9. The molecule has 0 atom stereocenters. The standard InChI is InChI=1S/C16H13N3O/c17-10-16(6-2-7-16)11-4-5-12-13(9-11)19-15(18-12)14-3-1-8-20-14/h1,3-5,8-9H,2,6-7H2,(H,18,19). The van der Waals surface area contributed by atoms with Gasteiger partial charge in [0.05, 0.1) is 28.8 Å². The predicted molar refractivity (Wildman–Crippen MR) is 74.9 cm³/mol. The van der Waals surface area contributed by atoms with Crippen LogP contribution in [-0.2, 0) is 5.41 Å². The molecular weight excluding hydrogens is 250 g/mol. The van der Waals surface area contributed by atoms with Crippen LogP contribution >= 0.6 is 0 Å². The van der Waals surface area contributed by atoms with Crippen molar-refractivity contribution >= 4 is 11.0 Å². The van der Waals surface area contributed by atoms with Gasteiger partial charge in [-0.15, -0.1) is 0 Å². The van der Waals surface area contributed by atoms with Crippen LogP contribution in [0, 0.1) is 11.3 Å². The van der Waals surface area contributed by atoms with E-state index in [0.29, 0.717) is 0 Å². The molecule has 2 heterocycles. The number of H-pyrrole nitrogens is 1. The number of aromatic amines is 1. The van der Waals surface area contributed by atoms with Crippen LogP contribution in [0.15, 0.2) is 41.0 Å². The zero-order chi connectivity index (χ0) is 13.6. The molecule has 2 aromatic heterocycles. The number of imidazole rings is 1. The zero-order valence-electron chi connectivity index (χ0n) is 10.9. The van der Waals surface area contributed by atoms with Crippen molar-refractivity contribution in [2.45, 2.75) is 24.7 Å². The smallest absolute Gasteiger partial charge is 0.174 e. The molecule has 0 saturated heterocycles. The molecule has 4 rings (SSSR count). The van der Waals surface area contributed by atoms with E-state index in [9.17, 15) is 5.26 Å². The van der Waals surface area contributed by atoms with E-state index in [2.05, 4.69) is 22.1 Å². The van der Waals surface area contributed by atoms with E-state index in [1.54, 1.807) is 6.26 Å². The van der Waals surface area contributed by atoms with Crippen molar-refractivity contribution in [2.24, 2.45) is 0 Å². The van der Waals surface area contributed by atoms with Crippen LogP contribution in [0.1, 0.15) is 24.8 Å². The molecule has 1 fully saturated rings. The highest BCUT2D eigenvalue weighted by molar-refractivity contribution is 5.79. The van der Waals surface area contributed by atoms with Crippen molar-refractivity contribution in [1.29, 1.82) is 5.26 Å². The number of hydrogen-bond acceptors (Lipinski definition) is 3. The van der Waals surface area contributed by atoms with Crippen LogP contribution < -0.4 is 0 Å². The number of rotatable bonds is 2.